The highest BCUT2D eigenvalue weighted by Crippen LogP contribution is 2.42. The molecule has 34 nitrogen and oxygen atoms in total. The minimum Gasteiger partial charge on any atom is -0.458 e. The zero-order valence-corrected chi connectivity index (χ0v) is 72.0. The number of phosphoric ester groups is 1. The van der Waals surface area contributed by atoms with E-state index in [2.05, 4.69) is 31.9 Å². The fraction of sp³-hybridized carbons (Fsp3) is 0.553. The average molecular weight is 1750 g/mol. The minimum absolute atomic E-state index is 0.0337. The van der Waals surface area contributed by atoms with Crippen LogP contribution in [0.4, 0.5) is 8.78 Å². The molecule has 666 valence electrons. The van der Waals surface area contributed by atoms with Gasteiger partial charge in [-0.25, -0.2) is 22.9 Å². The number of esters is 2. The van der Waals surface area contributed by atoms with Gasteiger partial charge in [-0.1, -0.05) is 103 Å². The van der Waals surface area contributed by atoms with Crippen molar-refractivity contribution in [2.45, 2.75) is 230 Å². The molecule has 0 bridgehead atoms. The highest BCUT2D eigenvalue weighted by molar-refractivity contribution is 7.46. The van der Waals surface area contributed by atoms with Crippen LogP contribution in [0.5, 0.6) is 0 Å². The Kier molecular flexibility index (Phi) is 30.4. The van der Waals surface area contributed by atoms with Gasteiger partial charge in [-0.3, -0.25) is 62.1 Å². The summed E-state index contributed by atoms with van der Waals surface area (Å²) < 4.78 is 58.5. The van der Waals surface area contributed by atoms with E-state index in [-0.39, 0.29) is 106 Å². The van der Waals surface area contributed by atoms with E-state index < -0.39 is 225 Å². The van der Waals surface area contributed by atoms with Crippen molar-refractivity contribution in [3.63, 3.8) is 0 Å². The van der Waals surface area contributed by atoms with Crippen LogP contribution in [0, 0.1) is 44.2 Å². The van der Waals surface area contributed by atoms with E-state index in [4.69, 9.17) is 25.6 Å². The monoisotopic (exact) mass is 1750 g/mol. The first-order valence-corrected chi connectivity index (χ1v) is 43.4. The number of amides is 12. The zero-order valence-electron chi connectivity index (χ0n) is 70.3. The molecule has 0 aromatic heterocycles. The van der Waals surface area contributed by atoms with Gasteiger partial charge >= 0.3 is 19.8 Å². The van der Waals surface area contributed by atoms with E-state index in [0.717, 1.165) is 27.0 Å². The minimum atomic E-state index is -5.17. The summed E-state index contributed by atoms with van der Waals surface area (Å²) >= 11 is 5.91. The number of nitrogens with zero attached hydrogens (tertiary/aromatic N) is 7. The Morgan fingerprint density at radius 1 is 0.520 bits per heavy atom. The van der Waals surface area contributed by atoms with Crippen molar-refractivity contribution in [2.75, 3.05) is 59.4 Å². The van der Waals surface area contributed by atoms with Crippen molar-refractivity contribution in [3.05, 3.63) is 141 Å². The lowest BCUT2D eigenvalue weighted by molar-refractivity contribution is -0.163. The van der Waals surface area contributed by atoms with Crippen LogP contribution in [-0.2, 0) is 111 Å². The number of ether oxygens (including phenoxy) is 2. The largest absolute Gasteiger partial charge is 0.469 e. The van der Waals surface area contributed by atoms with Crippen molar-refractivity contribution >= 4 is 102 Å². The van der Waals surface area contributed by atoms with Gasteiger partial charge < -0.3 is 90.6 Å². The Morgan fingerprint density at radius 3 is 1.46 bits per heavy atom. The molecule has 8 fully saturated rings. The quantitative estimate of drug-likeness (QED) is 0.0569. The summed E-state index contributed by atoms with van der Waals surface area (Å²) in [6.07, 6.45) is -5.30. The number of aryl methyl sites for hydroxylation is 3. The molecule has 4 aromatic rings. The fourth-order valence-electron chi connectivity index (χ4n) is 17.5. The topological polar surface area (TPSA) is 439 Å². The molecule has 9 N–H and O–H groups in total. The van der Waals surface area contributed by atoms with Crippen molar-refractivity contribution < 1.29 is 109 Å². The second-order valence-corrected chi connectivity index (χ2v) is 35.6. The third kappa shape index (κ3) is 23.2. The molecular formula is C85H109ClF2N13O21P. The van der Waals surface area contributed by atoms with Crippen LogP contribution >= 0.6 is 19.4 Å². The van der Waals surface area contributed by atoms with E-state index in [9.17, 15) is 90.6 Å². The summed E-state index contributed by atoms with van der Waals surface area (Å²) in [6.45, 7) is 15.0. The first-order valence-electron chi connectivity index (χ1n) is 41.5. The number of hydrogen-bond acceptors (Lipinski definition) is 20. The van der Waals surface area contributed by atoms with E-state index in [1.807, 2.05) is 50.8 Å². The van der Waals surface area contributed by atoms with Gasteiger partial charge in [-0.15, -0.1) is 0 Å². The van der Waals surface area contributed by atoms with E-state index in [1.54, 1.807) is 50.4 Å². The maximum Gasteiger partial charge on any atom is 0.469 e. The number of phosphoric acid groups is 1. The first-order chi connectivity index (χ1) is 58.1. The number of cyclic esters (lactones) is 2. The van der Waals surface area contributed by atoms with Gasteiger partial charge in [0.15, 0.2) is 0 Å². The van der Waals surface area contributed by atoms with E-state index in [1.165, 1.54) is 71.6 Å². The number of hydrogen-bond donors (Lipinski definition) is 9. The summed E-state index contributed by atoms with van der Waals surface area (Å²) in [7, 11) is -3.38. The predicted molar refractivity (Wildman–Crippen MR) is 438 cm³/mol. The van der Waals surface area contributed by atoms with Gasteiger partial charge in [-0.2, -0.15) is 0 Å². The highest BCUT2D eigenvalue weighted by Gasteiger charge is 2.53. The van der Waals surface area contributed by atoms with Gasteiger partial charge in [0.25, 0.3) is 0 Å². The van der Waals surface area contributed by atoms with Crippen LogP contribution in [0.15, 0.2) is 84.9 Å². The molecule has 12 amide bonds. The first kappa shape index (κ1) is 93.3. The Labute approximate surface area is 716 Å². The Balaban J connectivity index is 0.000000240. The summed E-state index contributed by atoms with van der Waals surface area (Å²) in [5, 5.41) is 27.2. The van der Waals surface area contributed by atoms with Crippen LogP contribution in [-0.4, -0.2) is 288 Å². The van der Waals surface area contributed by atoms with Gasteiger partial charge in [0.1, 0.15) is 96.3 Å². The number of carbonyl (C=O) groups excluding carboxylic acids is 14. The number of carbonyl (C=O) groups is 14. The van der Waals surface area contributed by atoms with Crippen LogP contribution in [0.25, 0.3) is 0 Å². The van der Waals surface area contributed by atoms with Gasteiger partial charge in [-0.05, 0) is 145 Å². The molecule has 4 aromatic carbocycles. The van der Waals surface area contributed by atoms with Crippen LogP contribution in [0.1, 0.15) is 125 Å². The van der Waals surface area contributed by atoms with Crippen molar-refractivity contribution in [1.29, 1.82) is 0 Å². The fourth-order valence-corrected chi connectivity index (χ4v) is 18.2. The van der Waals surface area contributed by atoms with Gasteiger partial charge in [0.2, 0.25) is 70.9 Å². The lowest BCUT2D eigenvalue weighted by Gasteiger charge is -2.42. The predicted octanol–water partition coefficient (Wildman–Crippen LogP) is 1.68. The smallest absolute Gasteiger partial charge is 0.458 e. The molecule has 0 radical (unpaired) electrons. The second kappa shape index (κ2) is 40.1. The molecule has 0 aliphatic carbocycles. The number of nitrogens with one attached hydrogen (secondary N) is 6. The number of fused-ring (bicyclic) bond motifs is 6. The number of benzene rings is 4. The van der Waals surface area contributed by atoms with Crippen LogP contribution in [0.2, 0.25) is 5.02 Å². The normalized spacial score (nSPS) is 28.2. The number of piperidine rings is 1. The SMILES string of the molecule is Cc1cccc(C[C@H](NC(=O)Cc2ccc(C)cc2F)C(=O)N[C@@H]2C(=O)N3C[C@H](OP(=O)(O)O)C[C@H]3C(=O)N3CCCC[C@H]3C(=O)N[C@@H](C)C(=O)N3C[C@H](C)C[C@H]3C(=O)O[C@H]2C)c1.Cc1cccc(C[C@H](NC(=O)Cc2ccc(Cl)cc2F)C(=O)N[C@@H]2C(=O)N3C[C@H](O)C[C@H]3C(=O)N3CCN(C)C[C@H]3C(=O)N[C@@H](C)C(=O)N3C[C@H](C)C[C@H]3C(=O)O[C@H]2C)c1. The molecule has 0 spiro atoms. The summed E-state index contributed by atoms with van der Waals surface area (Å²) in [5.74, 6) is -12.1. The van der Waals surface area contributed by atoms with Crippen molar-refractivity contribution in [1.82, 2.24) is 66.2 Å². The molecule has 0 saturated carbocycles. The number of rotatable bonds is 16. The van der Waals surface area contributed by atoms with Gasteiger partial charge in [0.05, 0.1) is 25.0 Å². The second-order valence-electron chi connectivity index (χ2n) is 33.9. The summed E-state index contributed by atoms with van der Waals surface area (Å²) in [6, 6.07) is 7.18. The number of piperazine rings is 1. The Morgan fingerprint density at radius 2 is 0.976 bits per heavy atom. The zero-order chi connectivity index (χ0) is 89.5. The van der Waals surface area contributed by atoms with Crippen molar-refractivity contribution in [2.24, 2.45) is 11.8 Å². The number of likely N-dealkylation sites (N-methyl/N-ethyl adjacent to an activating group) is 1. The third-order valence-electron chi connectivity index (χ3n) is 23.8. The molecule has 123 heavy (non-hydrogen) atoms. The standard InChI is InChI=1S/C43H56FN6O12P.C42H53ClFN7O9/c1-23-9-8-10-28(15-23)18-32(46-36(51)19-29-13-12-24(2)16-31(29)44)38(52)47-37-27(5)61-43(57)35-17-25(3)21-49(35)40(54)26(4)45-39(53)33-11-6-7-14-48(33)41(55)34-20-30(62-63(58,59)60)22-50(34)42(37)56;1-22-7-6-8-26(13-22)15-31(46-35(53)16-27-9-10-28(43)17-30(27)44)37(54)47-36-25(4)60-42(59)33-14-23(2)19-50(33)39(56)24(3)45-38(55)34-21-48(5)11-12-49(34)40(57)32-18-29(52)20-51(32)41(36)58/h8-10,12-13,15-16,25-27,30,32-35,37H,6-7,11,14,17-22H2,1-5H3,(H,45,53)(H,46,51)(H,47,52)(H2,58,59,60);6-10,13,17,23-25,29,31-34,36,52H,11-12,14-16,18-21H2,1-5H3,(H,45,55)(H,46,53)(H,47,54)/t25-,26+,27+,30-,32+,33+,34+,35+,37+;23-,24+,25+,29-,31+,32+,33+,34+,36+/m11/s1. The molecule has 8 aliphatic rings. The summed E-state index contributed by atoms with van der Waals surface area (Å²) in [4.78, 5) is 227. The molecule has 18 atom stereocenters. The Bertz CT molecular complexity index is 4780. The molecular weight excluding hydrogens is 1640 g/mol. The molecule has 0 unspecified atom stereocenters. The van der Waals surface area contributed by atoms with Crippen molar-refractivity contribution in [3.8, 4) is 0 Å². The lowest BCUT2D eigenvalue weighted by Crippen LogP contribution is -2.65. The van der Waals surface area contributed by atoms with E-state index >= 15 is 4.79 Å². The third-order valence-corrected chi connectivity index (χ3v) is 24.6. The van der Waals surface area contributed by atoms with Gasteiger partial charge in [0, 0.05) is 83.1 Å². The molecule has 38 heteroatoms. The maximum absolute atomic E-state index is 15.0. The summed E-state index contributed by atoms with van der Waals surface area (Å²) in [5.41, 5.74) is 3.76. The number of aliphatic hydroxyl groups is 1. The number of halogens is 3. The maximum atomic E-state index is 15.0. The molecule has 8 saturated heterocycles. The van der Waals surface area contributed by atoms with E-state index in [0.29, 0.717) is 36.1 Å². The van der Waals surface area contributed by atoms with Crippen LogP contribution < -0.4 is 31.9 Å². The van der Waals surface area contributed by atoms with Crippen LogP contribution in [0.3, 0.4) is 0 Å². The lowest BCUT2D eigenvalue weighted by atomic mass is 9.98. The Hall–Kier alpha value is -10.4. The average Bonchev–Trinajstić information content (AvgIpc) is 1.68. The molecule has 8 aliphatic heterocycles. The highest BCUT2D eigenvalue weighted by atomic mass is 35.5. The molecule has 12 rings (SSSR count). The number of aliphatic hydroxyl groups excluding tert-OH is 1. The molecule has 8 heterocycles.